The molecule has 3 heterocycles. The van der Waals surface area contributed by atoms with Crippen molar-refractivity contribution in [2.24, 2.45) is 0 Å². The molecule has 2 fully saturated rings. The van der Waals surface area contributed by atoms with Crippen LogP contribution in [0.1, 0.15) is 55.0 Å². The Morgan fingerprint density at radius 2 is 1.73 bits per heavy atom. The van der Waals surface area contributed by atoms with Crippen molar-refractivity contribution in [3.05, 3.63) is 65.4 Å². The van der Waals surface area contributed by atoms with Crippen LogP contribution in [-0.2, 0) is 16.0 Å². The standard InChI is InChI=1S/C27H29N3O3/c1-33-19-13-11-17(12-14-19)26-25-21(20-9-5-6-10-22(20)28-25)15-23-27(32)29(16-24(31)30(23)26)18-7-3-2-4-8-18/h5-6,9-14,18,23,26,28H,2-4,7-8,15-16H2,1H3/t23-,26-/m1/s1. The van der Waals surface area contributed by atoms with Gasteiger partial charge in [-0.2, -0.15) is 0 Å². The summed E-state index contributed by atoms with van der Waals surface area (Å²) >= 11 is 0. The number of benzene rings is 2. The smallest absolute Gasteiger partial charge is 0.246 e. The van der Waals surface area contributed by atoms with E-state index in [1.807, 2.05) is 46.2 Å². The summed E-state index contributed by atoms with van der Waals surface area (Å²) in [6.07, 6.45) is 6.06. The second-order valence-electron chi connectivity index (χ2n) is 9.52. The molecule has 3 aliphatic rings. The number of hydrogen-bond acceptors (Lipinski definition) is 3. The number of nitrogens with zero attached hydrogens (tertiary/aromatic N) is 2. The monoisotopic (exact) mass is 443 g/mol. The lowest BCUT2D eigenvalue weighted by Crippen LogP contribution is -2.64. The number of fused-ring (bicyclic) bond motifs is 4. The van der Waals surface area contributed by atoms with Gasteiger partial charge in [0.2, 0.25) is 11.8 Å². The van der Waals surface area contributed by atoms with Gasteiger partial charge in [-0.3, -0.25) is 9.59 Å². The van der Waals surface area contributed by atoms with Gasteiger partial charge >= 0.3 is 0 Å². The SMILES string of the molecule is COc1ccc([C@@H]2c3[nH]c4ccccc4c3C[C@@H]3C(=O)N(C4CCCCC4)CC(=O)N23)cc1. The van der Waals surface area contributed by atoms with Crippen LogP contribution in [0.5, 0.6) is 5.75 Å². The lowest BCUT2D eigenvalue weighted by atomic mass is 9.85. The Morgan fingerprint density at radius 1 is 0.970 bits per heavy atom. The number of hydrogen-bond donors (Lipinski definition) is 1. The normalized spacial score (nSPS) is 23.5. The van der Waals surface area contributed by atoms with Crippen molar-refractivity contribution < 1.29 is 14.3 Å². The van der Waals surface area contributed by atoms with Gasteiger partial charge in [-0.25, -0.2) is 0 Å². The lowest BCUT2D eigenvalue weighted by molar-refractivity contribution is -0.161. The number of aromatic nitrogens is 1. The number of amides is 2. The molecule has 0 unspecified atom stereocenters. The number of nitrogens with one attached hydrogen (secondary N) is 1. The van der Waals surface area contributed by atoms with Crippen molar-refractivity contribution in [3.63, 3.8) is 0 Å². The van der Waals surface area contributed by atoms with Crippen molar-refractivity contribution in [3.8, 4) is 5.75 Å². The molecule has 6 heteroatoms. The van der Waals surface area contributed by atoms with Gasteiger partial charge in [0, 0.05) is 29.1 Å². The summed E-state index contributed by atoms with van der Waals surface area (Å²) in [4.78, 5) is 34.8. The molecule has 2 aliphatic heterocycles. The van der Waals surface area contributed by atoms with E-state index in [9.17, 15) is 9.59 Å². The topological polar surface area (TPSA) is 65.6 Å². The number of piperazine rings is 1. The van der Waals surface area contributed by atoms with Gasteiger partial charge in [-0.1, -0.05) is 49.6 Å². The molecule has 1 saturated heterocycles. The maximum atomic E-state index is 13.9. The zero-order chi connectivity index (χ0) is 22.5. The second-order valence-corrected chi connectivity index (χ2v) is 9.52. The van der Waals surface area contributed by atoms with Crippen LogP contribution < -0.4 is 4.74 Å². The van der Waals surface area contributed by atoms with E-state index in [0.717, 1.165) is 59.2 Å². The minimum atomic E-state index is -0.466. The van der Waals surface area contributed by atoms with E-state index < -0.39 is 6.04 Å². The minimum Gasteiger partial charge on any atom is -0.497 e. The van der Waals surface area contributed by atoms with Crippen molar-refractivity contribution in [1.29, 1.82) is 0 Å². The molecule has 2 amide bonds. The molecular weight excluding hydrogens is 414 g/mol. The summed E-state index contributed by atoms with van der Waals surface area (Å²) in [6.45, 7) is 0.183. The van der Waals surface area contributed by atoms with Gasteiger partial charge in [0.15, 0.2) is 0 Å². The molecular formula is C27H29N3O3. The minimum absolute atomic E-state index is 0.0373. The highest BCUT2D eigenvalue weighted by Crippen LogP contribution is 2.43. The van der Waals surface area contributed by atoms with E-state index >= 15 is 0 Å². The Morgan fingerprint density at radius 3 is 2.48 bits per heavy atom. The summed E-state index contributed by atoms with van der Waals surface area (Å²) < 4.78 is 5.35. The van der Waals surface area contributed by atoms with E-state index in [2.05, 4.69) is 17.1 Å². The Kier molecular flexibility index (Phi) is 4.89. The Balaban J connectivity index is 1.47. The highest BCUT2D eigenvalue weighted by molar-refractivity contribution is 5.97. The van der Waals surface area contributed by atoms with E-state index in [1.165, 1.54) is 6.42 Å². The summed E-state index contributed by atoms with van der Waals surface area (Å²) in [5.74, 6) is 0.916. The van der Waals surface area contributed by atoms with E-state index in [-0.39, 0.29) is 30.4 Å². The molecule has 3 aromatic rings. The molecule has 2 atom stereocenters. The van der Waals surface area contributed by atoms with Crippen LogP contribution in [0.3, 0.4) is 0 Å². The number of methoxy groups -OCH3 is 1. The summed E-state index contributed by atoms with van der Waals surface area (Å²) in [6, 6.07) is 15.5. The third-order valence-electron chi connectivity index (χ3n) is 7.74. The summed E-state index contributed by atoms with van der Waals surface area (Å²) in [5, 5.41) is 1.14. The average molecular weight is 444 g/mol. The van der Waals surface area contributed by atoms with Gasteiger partial charge in [-0.15, -0.1) is 0 Å². The number of para-hydroxylation sites is 1. The van der Waals surface area contributed by atoms with E-state index in [4.69, 9.17) is 4.74 Å². The molecule has 170 valence electrons. The fourth-order valence-electron chi connectivity index (χ4n) is 6.12. The fourth-order valence-corrected chi connectivity index (χ4v) is 6.12. The first kappa shape index (κ1) is 20.3. The first-order valence-electron chi connectivity index (χ1n) is 12.0. The average Bonchev–Trinajstić information content (AvgIpc) is 3.24. The fraction of sp³-hybridized carbons (Fsp3) is 0.407. The number of carbonyl (C=O) groups is 2. The highest BCUT2D eigenvalue weighted by Gasteiger charge is 2.49. The molecule has 0 spiro atoms. The third kappa shape index (κ3) is 3.23. The maximum Gasteiger partial charge on any atom is 0.246 e. The van der Waals surface area contributed by atoms with Gasteiger partial charge < -0.3 is 19.5 Å². The van der Waals surface area contributed by atoms with E-state index in [1.54, 1.807) is 7.11 Å². The molecule has 1 aliphatic carbocycles. The van der Waals surface area contributed by atoms with Crippen LogP contribution in [0.15, 0.2) is 48.5 Å². The predicted molar refractivity (Wildman–Crippen MR) is 126 cm³/mol. The summed E-state index contributed by atoms with van der Waals surface area (Å²) in [7, 11) is 1.65. The number of rotatable bonds is 3. The number of carbonyl (C=O) groups excluding carboxylic acids is 2. The second kappa shape index (κ2) is 7.94. The first-order valence-corrected chi connectivity index (χ1v) is 12.0. The lowest BCUT2D eigenvalue weighted by Gasteiger charge is -2.49. The van der Waals surface area contributed by atoms with Crippen LogP contribution in [0.25, 0.3) is 10.9 Å². The molecule has 1 saturated carbocycles. The zero-order valence-corrected chi connectivity index (χ0v) is 18.9. The third-order valence-corrected chi connectivity index (χ3v) is 7.74. The largest absolute Gasteiger partial charge is 0.497 e. The van der Waals surface area contributed by atoms with Crippen molar-refractivity contribution in [2.45, 2.75) is 56.7 Å². The number of aromatic amines is 1. The van der Waals surface area contributed by atoms with Crippen LogP contribution in [0.4, 0.5) is 0 Å². The molecule has 6 nitrogen and oxygen atoms in total. The highest BCUT2D eigenvalue weighted by atomic mass is 16.5. The van der Waals surface area contributed by atoms with Gasteiger partial charge in [0.05, 0.1) is 13.2 Å². The first-order chi connectivity index (χ1) is 16.2. The van der Waals surface area contributed by atoms with Crippen molar-refractivity contribution in [2.75, 3.05) is 13.7 Å². The molecule has 1 N–H and O–H groups in total. The molecule has 0 radical (unpaired) electrons. The van der Waals surface area contributed by atoms with Crippen molar-refractivity contribution in [1.82, 2.24) is 14.8 Å². The van der Waals surface area contributed by atoms with Gasteiger partial charge in [-0.05, 0) is 42.2 Å². The summed E-state index contributed by atoms with van der Waals surface area (Å²) in [5.41, 5.74) is 4.20. The van der Waals surface area contributed by atoms with Crippen LogP contribution >= 0.6 is 0 Å². The Bertz CT molecular complexity index is 1210. The number of H-pyrrole nitrogens is 1. The van der Waals surface area contributed by atoms with Crippen LogP contribution in [0.2, 0.25) is 0 Å². The molecule has 1 aromatic heterocycles. The molecule has 0 bridgehead atoms. The van der Waals surface area contributed by atoms with E-state index in [0.29, 0.717) is 6.42 Å². The quantitative estimate of drug-likeness (QED) is 0.660. The predicted octanol–water partition coefficient (Wildman–Crippen LogP) is 4.19. The van der Waals surface area contributed by atoms with Crippen molar-refractivity contribution >= 4 is 22.7 Å². The Labute approximate surface area is 193 Å². The van der Waals surface area contributed by atoms with Gasteiger partial charge in [0.25, 0.3) is 0 Å². The molecule has 6 rings (SSSR count). The van der Waals surface area contributed by atoms with Crippen LogP contribution in [0, 0.1) is 0 Å². The van der Waals surface area contributed by atoms with Gasteiger partial charge in [0.1, 0.15) is 18.3 Å². The molecule has 2 aromatic carbocycles. The number of ether oxygens (including phenoxy) is 1. The zero-order valence-electron chi connectivity index (χ0n) is 18.9. The Hall–Kier alpha value is -3.28. The molecule has 33 heavy (non-hydrogen) atoms. The maximum absolute atomic E-state index is 13.9. The van der Waals surface area contributed by atoms with Crippen LogP contribution in [-0.4, -0.2) is 52.3 Å².